The van der Waals surface area contributed by atoms with Gasteiger partial charge in [-0.2, -0.15) is 0 Å². The van der Waals surface area contributed by atoms with Gasteiger partial charge < -0.3 is 10.1 Å². The van der Waals surface area contributed by atoms with Crippen LogP contribution in [0, 0.1) is 5.92 Å². The second kappa shape index (κ2) is 7.79. The van der Waals surface area contributed by atoms with E-state index in [9.17, 15) is 13.2 Å². The second-order valence-corrected chi connectivity index (χ2v) is 7.74. The van der Waals surface area contributed by atoms with Gasteiger partial charge >= 0.3 is 0 Å². The monoisotopic (exact) mass is 340 g/mol. The molecule has 0 aromatic heterocycles. The van der Waals surface area contributed by atoms with Gasteiger partial charge in [-0.3, -0.25) is 4.79 Å². The number of sulfonamides is 1. The zero-order valence-electron chi connectivity index (χ0n) is 13.6. The summed E-state index contributed by atoms with van der Waals surface area (Å²) >= 11 is 0. The van der Waals surface area contributed by atoms with Crippen molar-refractivity contribution in [3.05, 3.63) is 29.8 Å². The molecule has 23 heavy (non-hydrogen) atoms. The molecule has 7 heteroatoms. The molecule has 1 aliphatic rings. The molecule has 1 aromatic carbocycles. The molecule has 1 heterocycles. The average Bonchev–Trinajstić information content (AvgIpc) is 2.53. The Hall–Kier alpha value is -1.60. The molecule has 1 fully saturated rings. The van der Waals surface area contributed by atoms with Gasteiger partial charge in [-0.1, -0.05) is 12.1 Å². The van der Waals surface area contributed by atoms with Crippen molar-refractivity contribution in [3.63, 3.8) is 0 Å². The molecular weight excluding hydrogens is 316 g/mol. The van der Waals surface area contributed by atoms with Crippen LogP contribution in [-0.4, -0.2) is 44.6 Å². The van der Waals surface area contributed by atoms with E-state index in [1.165, 1.54) is 10.6 Å². The average molecular weight is 340 g/mol. The van der Waals surface area contributed by atoms with E-state index in [0.29, 0.717) is 26.1 Å². The van der Waals surface area contributed by atoms with E-state index in [1.807, 2.05) is 31.2 Å². The Kier molecular flexibility index (Phi) is 6.01. The quantitative estimate of drug-likeness (QED) is 0.849. The molecule has 0 spiro atoms. The van der Waals surface area contributed by atoms with Gasteiger partial charge in [0.25, 0.3) is 0 Å². The maximum absolute atomic E-state index is 12.3. The number of piperidine rings is 1. The first-order valence-electron chi connectivity index (χ1n) is 7.84. The summed E-state index contributed by atoms with van der Waals surface area (Å²) in [7, 11) is -3.23. The molecular formula is C16H24N2O4S. The largest absolute Gasteiger partial charge is 0.494 e. The van der Waals surface area contributed by atoms with Crippen molar-refractivity contribution in [3.8, 4) is 5.75 Å². The number of nitrogens with zero attached hydrogens (tertiary/aromatic N) is 1. The lowest BCUT2D eigenvalue weighted by atomic mass is 9.99. The van der Waals surface area contributed by atoms with E-state index in [4.69, 9.17) is 4.74 Å². The van der Waals surface area contributed by atoms with Crippen LogP contribution in [0.2, 0.25) is 0 Å². The Labute approximate surface area is 137 Å². The molecule has 1 aliphatic heterocycles. The molecule has 0 aliphatic carbocycles. The van der Waals surface area contributed by atoms with Crippen LogP contribution in [0.15, 0.2) is 24.3 Å². The van der Waals surface area contributed by atoms with Gasteiger partial charge in [-0.15, -0.1) is 0 Å². The van der Waals surface area contributed by atoms with E-state index in [0.717, 1.165) is 17.7 Å². The molecule has 1 saturated heterocycles. The lowest BCUT2D eigenvalue weighted by Crippen LogP contribution is -2.44. The lowest BCUT2D eigenvalue weighted by Gasteiger charge is -2.30. The fourth-order valence-electron chi connectivity index (χ4n) is 2.70. The van der Waals surface area contributed by atoms with Crippen molar-refractivity contribution < 1.29 is 17.9 Å². The molecule has 1 atom stereocenters. The zero-order valence-corrected chi connectivity index (χ0v) is 14.4. The molecule has 0 radical (unpaired) electrons. The van der Waals surface area contributed by atoms with Crippen LogP contribution in [0.4, 0.5) is 0 Å². The molecule has 128 valence electrons. The third-order valence-corrected chi connectivity index (χ3v) is 5.17. The molecule has 1 aromatic rings. The number of carbonyl (C=O) groups is 1. The molecule has 1 N–H and O–H groups in total. The predicted octanol–water partition coefficient (Wildman–Crippen LogP) is 1.37. The smallest absolute Gasteiger partial charge is 0.224 e. The van der Waals surface area contributed by atoms with Crippen LogP contribution in [0.25, 0.3) is 0 Å². The summed E-state index contributed by atoms with van der Waals surface area (Å²) in [6.07, 6.45) is 2.62. The summed E-state index contributed by atoms with van der Waals surface area (Å²) in [6, 6.07) is 7.58. The Morgan fingerprint density at radius 1 is 1.43 bits per heavy atom. The van der Waals surface area contributed by atoms with Gasteiger partial charge in [0.05, 0.1) is 18.8 Å². The number of ether oxygens (including phenoxy) is 1. The summed E-state index contributed by atoms with van der Waals surface area (Å²) in [5.74, 6) is 0.397. The first-order chi connectivity index (χ1) is 10.9. The fraction of sp³-hybridized carbons (Fsp3) is 0.562. The van der Waals surface area contributed by atoms with Crippen LogP contribution in [0.1, 0.15) is 25.3 Å². The number of hydrogen-bond donors (Lipinski definition) is 1. The molecule has 2 rings (SSSR count). The van der Waals surface area contributed by atoms with E-state index in [1.54, 1.807) is 0 Å². The van der Waals surface area contributed by atoms with Crippen molar-refractivity contribution in [1.82, 2.24) is 9.62 Å². The number of carbonyl (C=O) groups excluding carboxylic acids is 1. The molecule has 0 saturated carbocycles. The molecule has 0 bridgehead atoms. The highest BCUT2D eigenvalue weighted by atomic mass is 32.2. The predicted molar refractivity (Wildman–Crippen MR) is 88.6 cm³/mol. The Morgan fingerprint density at radius 2 is 2.22 bits per heavy atom. The number of rotatable bonds is 6. The minimum Gasteiger partial charge on any atom is -0.494 e. The number of nitrogens with one attached hydrogen (secondary N) is 1. The van der Waals surface area contributed by atoms with Crippen molar-refractivity contribution in [2.75, 3.05) is 26.0 Å². The number of hydrogen-bond acceptors (Lipinski definition) is 4. The normalized spacial score (nSPS) is 19.3. The fourth-order valence-corrected chi connectivity index (χ4v) is 3.61. The Bertz CT molecular complexity index is 645. The van der Waals surface area contributed by atoms with Crippen LogP contribution in [0.5, 0.6) is 5.75 Å². The third-order valence-electron chi connectivity index (χ3n) is 3.90. The van der Waals surface area contributed by atoms with Crippen LogP contribution >= 0.6 is 0 Å². The molecule has 1 unspecified atom stereocenters. The standard InChI is InChI=1S/C16H24N2O4S/c1-3-22-15-8-4-6-13(10-15)11-17-16(19)14-7-5-9-18(12-14)23(2,20)21/h4,6,8,10,14H,3,5,7,9,11-12H2,1-2H3,(H,17,19). The van der Waals surface area contributed by atoms with Gasteiger partial charge in [0.2, 0.25) is 15.9 Å². The first kappa shape index (κ1) is 17.7. The number of amides is 1. The highest BCUT2D eigenvalue weighted by molar-refractivity contribution is 7.88. The van der Waals surface area contributed by atoms with Crippen molar-refractivity contribution >= 4 is 15.9 Å². The minimum absolute atomic E-state index is 0.0971. The minimum atomic E-state index is -3.23. The second-order valence-electron chi connectivity index (χ2n) is 5.76. The topological polar surface area (TPSA) is 75.7 Å². The number of benzene rings is 1. The van der Waals surface area contributed by atoms with E-state index in [-0.39, 0.29) is 18.4 Å². The van der Waals surface area contributed by atoms with Crippen LogP contribution < -0.4 is 10.1 Å². The third kappa shape index (κ3) is 5.21. The highest BCUT2D eigenvalue weighted by Crippen LogP contribution is 2.19. The maximum Gasteiger partial charge on any atom is 0.224 e. The molecule has 6 nitrogen and oxygen atoms in total. The van der Waals surface area contributed by atoms with E-state index < -0.39 is 10.0 Å². The summed E-state index contributed by atoms with van der Waals surface area (Å²) < 4.78 is 30.0. The van der Waals surface area contributed by atoms with Crippen molar-refractivity contribution in [2.45, 2.75) is 26.3 Å². The zero-order chi connectivity index (χ0) is 16.9. The Morgan fingerprint density at radius 3 is 2.91 bits per heavy atom. The highest BCUT2D eigenvalue weighted by Gasteiger charge is 2.29. The van der Waals surface area contributed by atoms with Gasteiger partial charge in [0.15, 0.2) is 0 Å². The molecule has 1 amide bonds. The SMILES string of the molecule is CCOc1cccc(CNC(=O)C2CCCN(S(C)(=O)=O)C2)c1. The summed E-state index contributed by atoms with van der Waals surface area (Å²) in [4.78, 5) is 12.3. The summed E-state index contributed by atoms with van der Waals surface area (Å²) in [5.41, 5.74) is 0.958. The van der Waals surface area contributed by atoms with Gasteiger partial charge in [0, 0.05) is 19.6 Å². The van der Waals surface area contributed by atoms with Crippen molar-refractivity contribution in [1.29, 1.82) is 0 Å². The van der Waals surface area contributed by atoms with Gasteiger partial charge in [-0.05, 0) is 37.5 Å². The summed E-state index contributed by atoms with van der Waals surface area (Å²) in [5, 5.41) is 2.89. The lowest BCUT2D eigenvalue weighted by molar-refractivity contribution is -0.126. The van der Waals surface area contributed by atoms with Crippen molar-refractivity contribution in [2.24, 2.45) is 5.92 Å². The summed E-state index contributed by atoms with van der Waals surface area (Å²) in [6.45, 7) is 3.70. The van der Waals surface area contributed by atoms with Gasteiger partial charge in [0.1, 0.15) is 5.75 Å². The van der Waals surface area contributed by atoms with E-state index >= 15 is 0 Å². The Balaban J connectivity index is 1.90. The van der Waals surface area contributed by atoms with Crippen LogP contribution in [0.3, 0.4) is 0 Å². The van der Waals surface area contributed by atoms with Gasteiger partial charge in [-0.25, -0.2) is 12.7 Å². The first-order valence-corrected chi connectivity index (χ1v) is 9.69. The van der Waals surface area contributed by atoms with E-state index in [2.05, 4.69) is 5.32 Å². The van der Waals surface area contributed by atoms with Crippen LogP contribution in [-0.2, 0) is 21.4 Å². The maximum atomic E-state index is 12.3.